The normalized spacial score (nSPS) is 24.1. The van der Waals surface area contributed by atoms with Gasteiger partial charge < -0.3 is 25.0 Å². The van der Waals surface area contributed by atoms with Crippen LogP contribution in [0.2, 0.25) is 0 Å². The van der Waals surface area contributed by atoms with Gasteiger partial charge in [0.1, 0.15) is 17.0 Å². The van der Waals surface area contributed by atoms with Gasteiger partial charge in [-0.1, -0.05) is 72.5 Å². The monoisotopic (exact) mass is 551 g/mol. The van der Waals surface area contributed by atoms with Crippen LogP contribution in [-0.2, 0) is 20.9 Å². The molecule has 8 heteroatoms. The number of methoxy groups -OCH3 is 1. The summed E-state index contributed by atoms with van der Waals surface area (Å²) in [5.74, 6) is 5.16. The Balaban J connectivity index is 1.70. The van der Waals surface area contributed by atoms with Crippen molar-refractivity contribution in [3.8, 4) is 11.8 Å². The Morgan fingerprint density at radius 3 is 2.49 bits per heavy atom. The van der Waals surface area contributed by atoms with Crippen LogP contribution in [0.5, 0.6) is 0 Å². The van der Waals surface area contributed by atoms with Crippen LogP contribution < -0.4 is 5.32 Å². The van der Waals surface area contributed by atoms with E-state index in [1.807, 2.05) is 68.0 Å². The number of carboxylic acid groups (broad SMARTS) is 1. The molecule has 1 saturated carbocycles. The second kappa shape index (κ2) is 10.7. The van der Waals surface area contributed by atoms with Crippen molar-refractivity contribution in [3.63, 3.8) is 0 Å². The smallest absolute Gasteiger partial charge is 0.335 e. The molecular formula is C31H38ClN3O4. The average Bonchev–Trinajstić information content (AvgIpc) is 3.67. The zero-order valence-electron chi connectivity index (χ0n) is 23.6. The molecule has 2 atom stereocenters. The van der Waals surface area contributed by atoms with E-state index >= 15 is 0 Å². The van der Waals surface area contributed by atoms with Crippen LogP contribution in [0.1, 0.15) is 57.6 Å². The summed E-state index contributed by atoms with van der Waals surface area (Å²) in [5.41, 5.74) is 1.37. The number of halogens is 1. The molecule has 0 saturated heterocycles. The number of carbonyl (C=O) groups is 2. The van der Waals surface area contributed by atoms with Crippen LogP contribution >= 0.6 is 11.6 Å². The molecule has 2 aliphatic carbocycles. The highest BCUT2D eigenvalue weighted by Crippen LogP contribution is 2.55. The van der Waals surface area contributed by atoms with E-state index in [-0.39, 0.29) is 16.9 Å². The molecule has 208 valence electrons. The van der Waals surface area contributed by atoms with Crippen LogP contribution in [0.25, 0.3) is 0 Å². The molecule has 1 fully saturated rings. The SMILES string of the molecule is COC(C)(C)C#CC1=C(C(=O)NC2(C3(C)CC=CC(C(=O)O)=CC3)CC2)N(Cc2ccc(C)cc2)C(Cl)N1C. The molecule has 0 bridgehead atoms. The van der Waals surface area contributed by atoms with Gasteiger partial charge in [-0.15, -0.1) is 0 Å². The summed E-state index contributed by atoms with van der Waals surface area (Å²) < 4.78 is 5.49. The van der Waals surface area contributed by atoms with E-state index in [1.54, 1.807) is 19.3 Å². The van der Waals surface area contributed by atoms with Crippen LogP contribution in [0.3, 0.4) is 0 Å². The lowest BCUT2D eigenvalue weighted by Crippen LogP contribution is -2.50. The van der Waals surface area contributed by atoms with Crippen LogP contribution in [-0.4, -0.2) is 57.7 Å². The number of carboxylic acids is 1. The summed E-state index contributed by atoms with van der Waals surface area (Å²) in [4.78, 5) is 29.4. The molecular weight excluding hydrogens is 514 g/mol. The number of aryl methyl sites for hydroxylation is 1. The number of allylic oxidation sites excluding steroid dienone is 3. The number of amides is 1. The zero-order valence-corrected chi connectivity index (χ0v) is 24.4. The van der Waals surface area contributed by atoms with E-state index in [2.05, 4.69) is 24.1 Å². The van der Waals surface area contributed by atoms with Crippen molar-refractivity contribution >= 4 is 23.5 Å². The second-order valence-corrected chi connectivity index (χ2v) is 12.0. The molecule has 3 aliphatic rings. The molecule has 7 nitrogen and oxygen atoms in total. The number of nitrogens with zero attached hydrogens (tertiary/aromatic N) is 2. The first-order chi connectivity index (χ1) is 18.3. The Morgan fingerprint density at radius 1 is 1.23 bits per heavy atom. The third-order valence-corrected chi connectivity index (χ3v) is 8.79. The van der Waals surface area contributed by atoms with Gasteiger partial charge in [-0.2, -0.15) is 0 Å². The summed E-state index contributed by atoms with van der Waals surface area (Å²) in [5, 5.41) is 12.8. The molecule has 0 spiro atoms. The van der Waals surface area contributed by atoms with Crippen molar-refractivity contribution in [2.75, 3.05) is 14.2 Å². The zero-order chi connectivity index (χ0) is 28.6. The fraction of sp³-hybridized carbons (Fsp3) is 0.484. The lowest BCUT2D eigenvalue weighted by Gasteiger charge is -2.38. The third-order valence-electron chi connectivity index (χ3n) is 8.27. The Morgan fingerprint density at radius 2 is 1.90 bits per heavy atom. The van der Waals surface area contributed by atoms with Gasteiger partial charge in [0.05, 0.1) is 5.57 Å². The number of alkyl halides is 1. The molecule has 1 heterocycles. The number of carbonyl (C=O) groups excluding carboxylic acids is 1. The molecule has 1 aliphatic heterocycles. The van der Waals surface area contributed by atoms with E-state index in [9.17, 15) is 14.7 Å². The summed E-state index contributed by atoms with van der Waals surface area (Å²) in [6.45, 7) is 8.34. The number of ether oxygens (including phenoxy) is 1. The highest BCUT2D eigenvalue weighted by atomic mass is 35.5. The van der Waals surface area contributed by atoms with Crippen molar-refractivity contribution in [3.05, 3.63) is 70.6 Å². The number of hydrogen-bond acceptors (Lipinski definition) is 5. The maximum Gasteiger partial charge on any atom is 0.335 e. The fourth-order valence-electron chi connectivity index (χ4n) is 5.18. The molecule has 1 amide bonds. The Labute approximate surface area is 236 Å². The first-order valence-corrected chi connectivity index (χ1v) is 13.7. The van der Waals surface area contributed by atoms with Gasteiger partial charge in [-0.05, 0) is 63.4 Å². The Bertz CT molecular complexity index is 1300. The van der Waals surface area contributed by atoms with Gasteiger partial charge in [0.15, 0.2) is 5.62 Å². The molecule has 0 radical (unpaired) electrons. The predicted molar refractivity (Wildman–Crippen MR) is 152 cm³/mol. The summed E-state index contributed by atoms with van der Waals surface area (Å²) >= 11 is 6.92. The topological polar surface area (TPSA) is 82.1 Å². The lowest BCUT2D eigenvalue weighted by atomic mass is 9.74. The van der Waals surface area contributed by atoms with Gasteiger partial charge in [0, 0.05) is 26.2 Å². The van der Waals surface area contributed by atoms with Crippen molar-refractivity contribution in [2.24, 2.45) is 5.41 Å². The van der Waals surface area contributed by atoms with Gasteiger partial charge in [-0.25, -0.2) is 4.79 Å². The summed E-state index contributed by atoms with van der Waals surface area (Å²) in [7, 11) is 3.44. The number of benzene rings is 1. The first-order valence-electron chi connectivity index (χ1n) is 13.3. The van der Waals surface area contributed by atoms with E-state index < -0.39 is 22.7 Å². The average molecular weight is 552 g/mol. The van der Waals surface area contributed by atoms with E-state index in [1.165, 1.54) is 0 Å². The molecule has 0 aromatic heterocycles. The van der Waals surface area contributed by atoms with E-state index in [4.69, 9.17) is 16.3 Å². The van der Waals surface area contributed by atoms with Crippen LogP contribution in [0.15, 0.2) is 59.5 Å². The highest BCUT2D eigenvalue weighted by Gasteiger charge is 2.57. The largest absolute Gasteiger partial charge is 0.478 e. The molecule has 39 heavy (non-hydrogen) atoms. The third kappa shape index (κ3) is 5.88. The second-order valence-electron chi connectivity index (χ2n) is 11.6. The summed E-state index contributed by atoms with van der Waals surface area (Å²) in [6, 6.07) is 8.17. The maximum atomic E-state index is 14.2. The van der Waals surface area contributed by atoms with Crippen LogP contribution in [0, 0.1) is 24.2 Å². The first kappa shape index (κ1) is 28.8. The molecule has 1 aromatic rings. The van der Waals surface area contributed by atoms with E-state index in [0.29, 0.717) is 30.8 Å². The predicted octanol–water partition coefficient (Wildman–Crippen LogP) is 4.92. The summed E-state index contributed by atoms with van der Waals surface area (Å²) in [6.07, 6.45) is 8.20. The van der Waals surface area contributed by atoms with Gasteiger partial charge in [-0.3, -0.25) is 4.79 Å². The minimum absolute atomic E-state index is 0.231. The minimum atomic E-state index is -0.939. The number of hydrogen-bond donors (Lipinski definition) is 2. The fourth-order valence-corrected chi connectivity index (χ4v) is 5.44. The van der Waals surface area contributed by atoms with Gasteiger partial charge in [0.25, 0.3) is 5.91 Å². The quantitative estimate of drug-likeness (QED) is 0.284. The molecule has 1 aromatic carbocycles. The van der Waals surface area contributed by atoms with Gasteiger partial charge in [0.2, 0.25) is 0 Å². The highest BCUT2D eigenvalue weighted by molar-refractivity contribution is 6.21. The van der Waals surface area contributed by atoms with Crippen molar-refractivity contribution in [1.82, 2.24) is 15.1 Å². The van der Waals surface area contributed by atoms with E-state index in [0.717, 1.165) is 24.0 Å². The Kier molecular flexibility index (Phi) is 7.93. The molecule has 4 rings (SSSR count). The van der Waals surface area contributed by atoms with Crippen molar-refractivity contribution in [2.45, 2.75) is 76.7 Å². The number of rotatable bonds is 7. The lowest BCUT2D eigenvalue weighted by molar-refractivity contribution is -0.132. The van der Waals surface area contributed by atoms with Crippen molar-refractivity contribution in [1.29, 1.82) is 0 Å². The maximum absolute atomic E-state index is 14.2. The minimum Gasteiger partial charge on any atom is -0.478 e. The van der Waals surface area contributed by atoms with Crippen molar-refractivity contribution < 1.29 is 19.4 Å². The van der Waals surface area contributed by atoms with Crippen LogP contribution in [0.4, 0.5) is 0 Å². The van der Waals surface area contributed by atoms with Gasteiger partial charge >= 0.3 is 5.97 Å². The Hall–Kier alpha value is -3.21. The number of nitrogens with one attached hydrogen (secondary N) is 1. The molecule has 2 N–H and O–H groups in total. The standard InChI is InChI=1S/C31H38ClN3O4/c1-21-9-11-22(12-10-21)20-35-25(24(34(5)28(35)32)14-16-29(2,3)39-6)26(36)33-31(18-19-31)30(4)15-7-8-23(13-17-30)27(37)38/h7-13,28H,15,17-20H2,1-6H3,(H,33,36)(H,37,38). The number of aliphatic carboxylic acids is 1. The molecule has 2 unspecified atom stereocenters.